The van der Waals surface area contributed by atoms with Gasteiger partial charge < -0.3 is 4.42 Å². The molecule has 0 fully saturated rings. The first-order valence-corrected chi connectivity index (χ1v) is 9.81. The number of fused-ring (bicyclic) bond motifs is 2. The maximum absolute atomic E-state index is 13.8. The molecule has 0 N–H and O–H groups in total. The van der Waals surface area contributed by atoms with Gasteiger partial charge in [-0.25, -0.2) is 4.39 Å². The number of amides is 1. The zero-order valence-electron chi connectivity index (χ0n) is 15.2. The van der Waals surface area contributed by atoms with Crippen molar-refractivity contribution in [2.24, 2.45) is 0 Å². The van der Waals surface area contributed by atoms with E-state index in [-0.39, 0.29) is 22.3 Å². The Labute approximate surface area is 180 Å². The highest BCUT2D eigenvalue weighted by Crippen LogP contribution is 2.42. The second-order valence-corrected chi connectivity index (χ2v) is 7.72. The number of hydrogen-bond acceptors (Lipinski definition) is 3. The van der Waals surface area contributed by atoms with Crippen LogP contribution in [0.2, 0.25) is 10.0 Å². The first-order chi connectivity index (χ1) is 14.5. The average Bonchev–Trinajstić information content (AvgIpc) is 3.04. The van der Waals surface area contributed by atoms with E-state index in [2.05, 4.69) is 0 Å². The van der Waals surface area contributed by atoms with Crippen molar-refractivity contribution < 1.29 is 13.6 Å². The van der Waals surface area contributed by atoms with Crippen LogP contribution in [0.3, 0.4) is 0 Å². The van der Waals surface area contributed by atoms with Crippen molar-refractivity contribution in [3.8, 4) is 0 Å². The summed E-state index contributed by atoms with van der Waals surface area (Å²) in [5.41, 5.74) is 0.994. The molecule has 148 valence electrons. The highest BCUT2D eigenvalue weighted by Gasteiger charge is 2.43. The van der Waals surface area contributed by atoms with Crippen LogP contribution >= 0.6 is 23.2 Å². The third-order valence-electron chi connectivity index (χ3n) is 5.13. The molecule has 0 aliphatic carbocycles. The van der Waals surface area contributed by atoms with Crippen molar-refractivity contribution in [2.75, 3.05) is 4.90 Å². The Hall–Kier alpha value is -3.15. The van der Waals surface area contributed by atoms with Gasteiger partial charge in [0.25, 0.3) is 5.91 Å². The summed E-state index contributed by atoms with van der Waals surface area (Å²) in [7, 11) is 0. The lowest BCUT2D eigenvalue weighted by Gasteiger charge is -2.25. The summed E-state index contributed by atoms with van der Waals surface area (Å²) in [6, 6.07) is 16.7. The topological polar surface area (TPSA) is 50.5 Å². The largest absolute Gasteiger partial charge is 0.450 e. The van der Waals surface area contributed by atoms with Gasteiger partial charge in [-0.1, -0.05) is 47.5 Å². The maximum Gasteiger partial charge on any atom is 0.295 e. The average molecular weight is 440 g/mol. The van der Waals surface area contributed by atoms with Gasteiger partial charge in [0.2, 0.25) is 5.76 Å². The Morgan fingerprint density at radius 3 is 2.40 bits per heavy atom. The number of anilines is 1. The van der Waals surface area contributed by atoms with E-state index >= 15 is 0 Å². The van der Waals surface area contributed by atoms with Gasteiger partial charge in [0, 0.05) is 5.69 Å². The van der Waals surface area contributed by atoms with E-state index in [0.29, 0.717) is 21.3 Å². The molecule has 30 heavy (non-hydrogen) atoms. The normalized spacial score (nSPS) is 15.6. The predicted molar refractivity (Wildman–Crippen MR) is 114 cm³/mol. The lowest BCUT2D eigenvalue weighted by molar-refractivity contribution is 0.0971. The van der Waals surface area contributed by atoms with Crippen LogP contribution in [0.5, 0.6) is 0 Å². The molecule has 1 aliphatic rings. The standard InChI is InChI=1S/C23H12Cl2FNO3/c24-16-8-6-12(10-17(16)25)20-19-21(28)15-11-13(26)7-9-18(15)30-22(19)23(29)27(20)14-4-2-1-3-5-14/h1-11,20H. The number of rotatable bonds is 2. The number of benzene rings is 3. The van der Waals surface area contributed by atoms with Crippen molar-refractivity contribution in [1.82, 2.24) is 0 Å². The second-order valence-electron chi connectivity index (χ2n) is 6.90. The van der Waals surface area contributed by atoms with Crippen molar-refractivity contribution in [2.45, 2.75) is 6.04 Å². The minimum atomic E-state index is -0.798. The molecular formula is C23H12Cl2FNO3. The molecule has 1 amide bonds. The molecule has 3 aromatic carbocycles. The minimum absolute atomic E-state index is 0.0703. The molecule has 2 heterocycles. The fourth-order valence-electron chi connectivity index (χ4n) is 3.80. The lowest BCUT2D eigenvalue weighted by atomic mass is 9.98. The Morgan fingerprint density at radius 1 is 0.900 bits per heavy atom. The van der Waals surface area contributed by atoms with Gasteiger partial charge in [0.05, 0.1) is 27.0 Å². The molecule has 0 spiro atoms. The monoisotopic (exact) mass is 439 g/mol. The van der Waals surface area contributed by atoms with Crippen LogP contribution < -0.4 is 10.3 Å². The van der Waals surface area contributed by atoms with Crippen molar-refractivity contribution in [3.63, 3.8) is 0 Å². The molecule has 0 radical (unpaired) electrons. The molecule has 1 unspecified atom stereocenters. The smallest absolute Gasteiger partial charge is 0.295 e. The highest BCUT2D eigenvalue weighted by molar-refractivity contribution is 6.42. The molecule has 5 rings (SSSR count). The molecule has 1 atom stereocenters. The van der Waals surface area contributed by atoms with E-state index in [9.17, 15) is 14.0 Å². The van der Waals surface area contributed by atoms with E-state index in [4.69, 9.17) is 27.6 Å². The third-order valence-corrected chi connectivity index (χ3v) is 5.86. The molecule has 0 bridgehead atoms. The van der Waals surface area contributed by atoms with Crippen molar-refractivity contribution in [1.29, 1.82) is 0 Å². The van der Waals surface area contributed by atoms with E-state index in [1.165, 1.54) is 17.0 Å². The van der Waals surface area contributed by atoms with Gasteiger partial charge in [-0.3, -0.25) is 14.5 Å². The first-order valence-electron chi connectivity index (χ1n) is 9.05. The minimum Gasteiger partial charge on any atom is -0.450 e. The van der Waals surface area contributed by atoms with Crippen LogP contribution in [0, 0.1) is 5.82 Å². The van der Waals surface area contributed by atoms with Gasteiger partial charge in [0.1, 0.15) is 11.4 Å². The van der Waals surface area contributed by atoms with E-state index in [1.54, 1.807) is 42.5 Å². The lowest BCUT2D eigenvalue weighted by Crippen LogP contribution is -2.29. The van der Waals surface area contributed by atoms with Crippen LogP contribution in [0.4, 0.5) is 10.1 Å². The maximum atomic E-state index is 13.8. The first kappa shape index (κ1) is 18.9. The van der Waals surface area contributed by atoms with Crippen LogP contribution in [0.1, 0.15) is 27.7 Å². The molecule has 1 aromatic heterocycles. The molecule has 0 saturated carbocycles. The quantitative estimate of drug-likeness (QED) is 0.385. The number of carbonyl (C=O) groups is 1. The summed E-state index contributed by atoms with van der Waals surface area (Å²) in [5.74, 6) is -1.10. The summed E-state index contributed by atoms with van der Waals surface area (Å²) < 4.78 is 19.6. The van der Waals surface area contributed by atoms with E-state index < -0.39 is 23.2 Å². The van der Waals surface area contributed by atoms with E-state index in [1.807, 2.05) is 6.07 Å². The molecule has 0 saturated heterocycles. The number of para-hydroxylation sites is 1. The van der Waals surface area contributed by atoms with Gasteiger partial charge in [-0.2, -0.15) is 0 Å². The molecule has 1 aliphatic heterocycles. The summed E-state index contributed by atoms with van der Waals surface area (Å²) in [4.78, 5) is 28.2. The van der Waals surface area contributed by atoms with Crippen LogP contribution in [0.25, 0.3) is 11.0 Å². The highest BCUT2D eigenvalue weighted by atomic mass is 35.5. The van der Waals surface area contributed by atoms with Gasteiger partial charge in [-0.05, 0) is 48.0 Å². The predicted octanol–water partition coefficient (Wildman–Crippen LogP) is 5.99. The Kier molecular flexibility index (Phi) is 4.38. The molecule has 4 nitrogen and oxygen atoms in total. The zero-order chi connectivity index (χ0) is 21.0. The zero-order valence-corrected chi connectivity index (χ0v) is 16.7. The fourth-order valence-corrected chi connectivity index (χ4v) is 4.10. The number of carbonyl (C=O) groups excluding carboxylic acids is 1. The SMILES string of the molecule is O=C1c2oc3ccc(F)cc3c(=O)c2C(c2ccc(Cl)c(Cl)c2)N1c1ccccc1. The van der Waals surface area contributed by atoms with Crippen LogP contribution in [-0.2, 0) is 0 Å². The number of nitrogens with zero attached hydrogens (tertiary/aromatic N) is 1. The van der Waals surface area contributed by atoms with Gasteiger partial charge >= 0.3 is 0 Å². The van der Waals surface area contributed by atoms with Crippen LogP contribution in [0.15, 0.2) is 75.9 Å². The summed E-state index contributed by atoms with van der Waals surface area (Å²) in [5, 5.41) is 0.713. The number of halogens is 3. The molecule has 7 heteroatoms. The molecular weight excluding hydrogens is 428 g/mol. The number of hydrogen-bond donors (Lipinski definition) is 0. The van der Waals surface area contributed by atoms with E-state index in [0.717, 1.165) is 6.07 Å². The summed E-state index contributed by atoms with van der Waals surface area (Å²) in [6.45, 7) is 0. The Morgan fingerprint density at radius 2 is 1.67 bits per heavy atom. The van der Waals surface area contributed by atoms with Crippen LogP contribution in [-0.4, -0.2) is 5.91 Å². The second kappa shape index (κ2) is 6.97. The van der Waals surface area contributed by atoms with Gasteiger partial charge in [-0.15, -0.1) is 0 Å². The summed E-state index contributed by atoms with van der Waals surface area (Å²) >= 11 is 12.3. The van der Waals surface area contributed by atoms with Crippen molar-refractivity contribution >= 4 is 45.8 Å². The summed E-state index contributed by atoms with van der Waals surface area (Å²) in [6.07, 6.45) is 0. The van der Waals surface area contributed by atoms with Gasteiger partial charge in [0.15, 0.2) is 5.43 Å². The molecule has 4 aromatic rings. The Balaban J connectivity index is 1.84. The fraction of sp³-hybridized carbons (Fsp3) is 0.0435. The third kappa shape index (κ3) is 2.82. The van der Waals surface area contributed by atoms with Crippen molar-refractivity contribution in [3.05, 3.63) is 110 Å². The Bertz CT molecular complexity index is 1380.